The number of hydrogen-bond donors (Lipinski definition) is 2. The standard InChI is InChI=1S/C22H26ClN3O5S/c1-31-19-11-6-16(14-20(19)32(29,30)26-12-4-2-3-5-13-26)22(28)24-15-21(27)25-18-9-7-17(23)8-10-18/h6-11,14H,2-5,12-13,15H2,1H3,(H,24,28)(H,25,27). The predicted molar refractivity (Wildman–Crippen MR) is 123 cm³/mol. The average Bonchev–Trinajstić information content (AvgIpc) is 3.09. The van der Waals surface area contributed by atoms with E-state index in [2.05, 4.69) is 10.6 Å². The number of methoxy groups -OCH3 is 1. The molecule has 1 heterocycles. The molecule has 0 radical (unpaired) electrons. The topological polar surface area (TPSA) is 105 Å². The van der Waals surface area contributed by atoms with Gasteiger partial charge in [0.25, 0.3) is 5.91 Å². The van der Waals surface area contributed by atoms with E-state index in [4.69, 9.17) is 16.3 Å². The summed E-state index contributed by atoms with van der Waals surface area (Å²) in [4.78, 5) is 24.7. The third kappa shape index (κ3) is 5.99. The van der Waals surface area contributed by atoms with Crippen molar-refractivity contribution in [2.75, 3.05) is 32.1 Å². The zero-order chi connectivity index (χ0) is 23.1. The highest BCUT2D eigenvalue weighted by atomic mass is 35.5. The van der Waals surface area contributed by atoms with Gasteiger partial charge >= 0.3 is 0 Å². The van der Waals surface area contributed by atoms with E-state index in [1.54, 1.807) is 24.3 Å². The molecule has 0 aromatic heterocycles. The maximum Gasteiger partial charge on any atom is 0.251 e. The van der Waals surface area contributed by atoms with E-state index in [-0.39, 0.29) is 22.8 Å². The lowest BCUT2D eigenvalue weighted by Crippen LogP contribution is -2.34. The number of nitrogens with zero attached hydrogens (tertiary/aromatic N) is 1. The molecular weight excluding hydrogens is 454 g/mol. The van der Waals surface area contributed by atoms with Gasteiger partial charge in [0.1, 0.15) is 10.6 Å². The van der Waals surface area contributed by atoms with Gasteiger partial charge in [0.15, 0.2) is 0 Å². The van der Waals surface area contributed by atoms with E-state index in [9.17, 15) is 18.0 Å². The van der Waals surface area contributed by atoms with Crippen LogP contribution in [0.25, 0.3) is 0 Å². The van der Waals surface area contributed by atoms with Crippen LogP contribution in [-0.2, 0) is 14.8 Å². The first-order chi connectivity index (χ1) is 15.3. The van der Waals surface area contributed by atoms with Gasteiger partial charge in [-0.2, -0.15) is 4.31 Å². The molecular formula is C22H26ClN3O5S. The summed E-state index contributed by atoms with van der Waals surface area (Å²) in [6.45, 7) is 0.598. The van der Waals surface area contributed by atoms with Gasteiger partial charge in [-0.25, -0.2) is 8.42 Å². The summed E-state index contributed by atoms with van der Waals surface area (Å²) in [6, 6.07) is 10.8. The Bertz CT molecular complexity index is 1070. The largest absolute Gasteiger partial charge is 0.495 e. The molecule has 0 unspecified atom stereocenters. The highest BCUT2D eigenvalue weighted by Crippen LogP contribution is 2.29. The van der Waals surface area contributed by atoms with Gasteiger partial charge in [-0.05, 0) is 55.3 Å². The second-order valence-electron chi connectivity index (χ2n) is 7.42. The number of anilines is 1. The van der Waals surface area contributed by atoms with Gasteiger partial charge in [0, 0.05) is 29.4 Å². The van der Waals surface area contributed by atoms with Crippen LogP contribution in [0, 0.1) is 0 Å². The molecule has 1 aliphatic rings. The Hall–Kier alpha value is -2.62. The highest BCUT2D eigenvalue weighted by molar-refractivity contribution is 7.89. The summed E-state index contributed by atoms with van der Waals surface area (Å²) >= 11 is 5.82. The van der Waals surface area contributed by atoms with Crippen molar-refractivity contribution in [1.29, 1.82) is 0 Å². The molecule has 32 heavy (non-hydrogen) atoms. The predicted octanol–water partition coefficient (Wildman–Crippen LogP) is 3.28. The van der Waals surface area contributed by atoms with E-state index in [1.165, 1.54) is 29.6 Å². The van der Waals surface area contributed by atoms with Gasteiger partial charge in [0.2, 0.25) is 15.9 Å². The molecule has 2 aromatic carbocycles. The summed E-state index contributed by atoms with van der Waals surface area (Å²) in [5.41, 5.74) is 0.669. The van der Waals surface area contributed by atoms with Gasteiger partial charge in [-0.15, -0.1) is 0 Å². The summed E-state index contributed by atoms with van der Waals surface area (Å²) in [6.07, 6.45) is 3.57. The summed E-state index contributed by atoms with van der Waals surface area (Å²) < 4.78 is 33.2. The fourth-order valence-corrected chi connectivity index (χ4v) is 5.27. The minimum atomic E-state index is -3.82. The number of carbonyl (C=O) groups excluding carboxylic acids is 2. The molecule has 3 rings (SSSR count). The minimum Gasteiger partial charge on any atom is -0.495 e. The van der Waals surface area contributed by atoms with Gasteiger partial charge in [0.05, 0.1) is 13.7 Å². The maximum atomic E-state index is 13.2. The smallest absolute Gasteiger partial charge is 0.251 e. The van der Waals surface area contributed by atoms with Gasteiger partial charge < -0.3 is 15.4 Å². The van der Waals surface area contributed by atoms with Crippen LogP contribution < -0.4 is 15.4 Å². The van der Waals surface area contributed by atoms with Crippen LogP contribution in [0.15, 0.2) is 47.4 Å². The Labute approximate surface area is 192 Å². The molecule has 2 amide bonds. The Morgan fingerprint density at radius 1 is 1.03 bits per heavy atom. The number of nitrogens with one attached hydrogen (secondary N) is 2. The molecule has 1 saturated heterocycles. The Morgan fingerprint density at radius 2 is 1.69 bits per heavy atom. The Kier molecular flexibility index (Phi) is 8.11. The second kappa shape index (κ2) is 10.8. The van der Waals surface area contributed by atoms with Crippen LogP contribution >= 0.6 is 11.6 Å². The summed E-state index contributed by atoms with van der Waals surface area (Å²) in [5.74, 6) is -0.816. The monoisotopic (exact) mass is 479 g/mol. The van der Waals surface area contributed by atoms with Crippen LogP contribution in [-0.4, -0.2) is 51.3 Å². The summed E-state index contributed by atoms with van der Waals surface area (Å²) in [5, 5.41) is 5.70. The highest BCUT2D eigenvalue weighted by Gasteiger charge is 2.29. The van der Waals surface area contributed by atoms with Gasteiger partial charge in [-0.3, -0.25) is 9.59 Å². The number of benzene rings is 2. The molecule has 0 saturated carbocycles. The molecule has 2 aromatic rings. The van der Waals surface area contributed by atoms with Crippen LogP contribution in [0.2, 0.25) is 5.02 Å². The SMILES string of the molecule is COc1ccc(C(=O)NCC(=O)Nc2ccc(Cl)cc2)cc1S(=O)(=O)N1CCCCCC1. The number of carbonyl (C=O) groups is 2. The number of amides is 2. The lowest BCUT2D eigenvalue weighted by atomic mass is 10.2. The van der Waals surface area contributed by atoms with Crippen molar-refractivity contribution >= 4 is 39.1 Å². The zero-order valence-corrected chi connectivity index (χ0v) is 19.3. The quantitative estimate of drug-likeness (QED) is 0.634. The number of ether oxygens (including phenoxy) is 1. The third-order valence-electron chi connectivity index (χ3n) is 5.15. The molecule has 1 aliphatic heterocycles. The van der Waals surface area contributed by atoms with E-state index in [1.807, 2.05) is 0 Å². The van der Waals surface area contributed by atoms with Crippen molar-refractivity contribution in [2.24, 2.45) is 0 Å². The first-order valence-corrected chi connectivity index (χ1v) is 12.1. The fraction of sp³-hybridized carbons (Fsp3) is 0.364. The molecule has 1 fully saturated rings. The number of sulfonamides is 1. The molecule has 10 heteroatoms. The molecule has 172 valence electrons. The number of halogens is 1. The van der Waals surface area contributed by atoms with E-state index in [0.29, 0.717) is 23.8 Å². The number of rotatable bonds is 7. The Morgan fingerprint density at radius 3 is 2.31 bits per heavy atom. The van der Waals surface area contributed by atoms with Crippen molar-refractivity contribution in [3.8, 4) is 5.75 Å². The molecule has 0 atom stereocenters. The normalized spacial score (nSPS) is 14.9. The van der Waals surface area contributed by atoms with E-state index >= 15 is 0 Å². The van der Waals surface area contributed by atoms with Crippen LogP contribution in [0.1, 0.15) is 36.0 Å². The van der Waals surface area contributed by atoms with Crippen molar-refractivity contribution in [1.82, 2.24) is 9.62 Å². The molecule has 8 nitrogen and oxygen atoms in total. The van der Waals surface area contributed by atoms with Crippen LogP contribution in [0.3, 0.4) is 0 Å². The molecule has 0 bridgehead atoms. The van der Waals surface area contributed by atoms with Gasteiger partial charge in [-0.1, -0.05) is 24.4 Å². The first-order valence-electron chi connectivity index (χ1n) is 10.3. The Balaban J connectivity index is 1.71. The average molecular weight is 480 g/mol. The first kappa shape index (κ1) is 24.0. The zero-order valence-electron chi connectivity index (χ0n) is 17.8. The molecule has 2 N–H and O–H groups in total. The minimum absolute atomic E-state index is 0.0554. The lowest BCUT2D eigenvalue weighted by molar-refractivity contribution is -0.115. The van der Waals surface area contributed by atoms with Crippen LogP contribution in [0.5, 0.6) is 5.75 Å². The summed E-state index contributed by atoms with van der Waals surface area (Å²) in [7, 11) is -2.43. The fourth-order valence-electron chi connectivity index (χ4n) is 3.44. The molecule has 0 spiro atoms. The maximum absolute atomic E-state index is 13.2. The third-order valence-corrected chi connectivity index (χ3v) is 7.32. The van der Waals surface area contributed by atoms with Crippen molar-refractivity contribution in [2.45, 2.75) is 30.6 Å². The van der Waals surface area contributed by atoms with E-state index in [0.717, 1.165) is 25.7 Å². The second-order valence-corrected chi connectivity index (χ2v) is 9.76. The van der Waals surface area contributed by atoms with Crippen molar-refractivity contribution in [3.63, 3.8) is 0 Å². The van der Waals surface area contributed by atoms with E-state index < -0.39 is 21.8 Å². The lowest BCUT2D eigenvalue weighted by Gasteiger charge is -2.21. The molecule has 0 aliphatic carbocycles. The number of hydrogen-bond acceptors (Lipinski definition) is 5. The van der Waals surface area contributed by atoms with Crippen LogP contribution in [0.4, 0.5) is 5.69 Å². The van der Waals surface area contributed by atoms with Crippen molar-refractivity contribution in [3.05, 3.63) is 53.1 Å². The van der Waals surface area contributed by atoms with Crippen molar-refractivity contribution < 1.29 is 22.7 Å².